The second-order valence-corrected chi connectivity index (χ2v) is 1.06. The first-order chi connectivity index (χ1) is 3.31. The van der Waals surface area contributed by atoms with Crippen LogP contribution in [0.3, 0.4) is 0 Å². The van der Waals surface area contributed by atoms with Crippen molar-refractivity contribution in [2.45, 2.75) is 6.92 Å². The quantitative estimate of drug-likeness (QED) is 0.494. The molecule has 0 spiro atoms. The lowest BCUT2D eigenvalue weighted by Crippen LogP contribution is -2.27. The van der Waals surface area contributed by atoms with Gasteiger partial charge in [0.1, 0.15) is 0 Å². The molecule has 0 unspecified atom stereocenters. The first kappa shape index (κ1) is 6.27. The molecule has 0 aliphatic rings. The molecule has 0 aromatic rings. The molecule has 0 aromatic carbocycles. The molecule has 2 amide bonds. The van der Waals surface area contributed by atoms with Crippen LogP contribution in [-0.2, 0) is 0 Å². The third kappa shape index (κ3) is 3.09. The van der Waals surface area contributed by atoms with E-state index in [0.29, 0.717) is 6.54 Å². The molecule has 0 aliphatic carbocycles. The summed E-state index contributed by atoms with van der Waals surface area (Å²) < 4.78 is 0. The summed E-state index contributed by atoms with van der Waals surface area (Å²) in [5.74, 6) is 0. The van der Waals surface area contributed by atoms with Gasteiger partial charge in [-0.2, -0.15) is 0 Å². The van der Waals surface area contributed by atoms with Crippen molar-refractivity contribution in [2.75, 3.05) is 13.6 Å². The highest BCUT2D eigenvalue weighted by atomic mass is 16.2. The molecule has 3 heteroatoms. The van der Waals surface area contributed by atoms with E-state index in [0.717, 1.165) is 0 Å². The molecule has 0 fully saturated rings. The van der Waals surface area contributed by atoms with E-state index in [1.807, 2.05) is 6.92 Å². The van der Waals surface area contributed by atoms with Crippen LogP contribution < -0.4 is 10.6 Å². The van der Waals surface area contributed by atoms with E-state index in [2.05, 4.69) is 10.6 Å². The second kappa shape index (κ2) is 3.46. The Hall–Kier alpha value is -0.730. The molecule has 0 atom stereocenters. The van der Waals surface area contributed by atoms with Gasteiger partial charge in [-0.3, -0.25) is 0 Å². The lowest BCUT2D eigenvalue weighted by molar-refractivity contribution is 0.243. The number of nitrogens with zero attached hydrogens (tertiary/aromatic N) is 1. The van der Waals surface area contributed by atoms with Crippen LogP contribution in [0.15, 0.2) is 0 Å². The van der Waals surface area contributed by atoms with Crippen LogP contribution in [0.4, 0.5) is 4.79 Å². The number of rotatable bonds is 1. The van der Waals surface area contributed by atoms with E-state index in [1.54, 1.807) is 0 Å². The van der Waals surface area contributed by atoms with E-state index >= 15 is 0 Å². The van der Waals surface area contributed by atoms with E-state index in [4.69, 9.17) is 0 Å². The third-order valence-electron chi connectivity index (χ3n) is 0.531. The van der Waals surface area contributed by atoms with Crippen LogP contribution >= 0.6 is 0 Å². The Labute approximate surface area is 43.1 Å². The number of amides is 2. The summed E-state index contributed by atoms with van der Waals surface area (Å²) in [5.41, 5.74) is 0. The molecule has 41 valence electrons. The fraction of sp³-hybridized carbons (Fsp3) is 0.750. The first-order valence-electron chi connectivity index (χ1n) is 2.19. The van der Waals surface area contributed by atoms with Crippen LogP contribution in [0.1, 0.15) is 6.92 Å². The van der Waals surface area contributed by atoms with Gasteiger partial charge in [-0.25, -0.2) is 10.1 Å². The predicted molar refractivity (Wildman–Crippen MR) is 27.1 cm³/mol. The van der Waals surface area contributed by atoms with Gasteiger partial charge in [0, 0.05) is 13.6 Å². The number of hydrogen-bond acceptors (Lipinski definition) is 1. The molecule has 0 saturated carbocycles. The van der Waals surface area contributed by atoms with Crippen molar-refractivity contribution in [3.8, 4) is 0 Å². The Bertz CT molecular complexity index is 62.7. The highest BCUT2D eigenvalue weighted by Gasteiger charge is 1.88. The molecule has 0 aromatic heterocycles. The van der Waals surface area contributed by atoms with E-state index in [-0.39, 0.29) is 6.03 Å². The average Bonchev–Trinajstić information content (AvgIpc) is 1.68. The SMILES string of the molecule is CCNC(=O)[N]C. The predicted octanol–water partition coefficient (Wildman–Crippen LogP) is -0.0499. The fourth-order valence-electron chi connectivity index (χ4n) is 0.230. The molecule has 0 bridgehead atoms. The van der Waals surface area contributed by atoms with Gasteiger partial charge in [0.25, 0.3) is 0 Å². The molecule has 7 heavy (non-hydrogen) atoms. The van der Waals surface area contributed by atoms with Crippen LogP contribution in [0.5, 0.6) is 0 Å². The molecule has 0 rings (SSSR count). The minimum absolute atomic E-state index is 0.248. The zero-order valence-corrected chi connectivity index (χ0v) is 4.56. The summed E-state index contributed by atoms with van der Waals surface area (Å²) in [4.78, 5) is 10.1. The summed E-state index contributed by atoms with van der Waals surface area (Å²) in [5, 5.41) is 5.82. The fourth-order valence-corrected chi connectivity index (χ4v) is 0.230. The normalized spacial score (nSPS) is 7.71. The maximum absolute atomic E-state index is 10.1. The number of carbonyl (C=O) groups excluding carboxylic acids is 1. The van der Waals surface area contributed by atoms with Crippen LogP contribution in [-0.4, -0.2) is 19.6 Å². The van der Waals surface area contributed by atoms with Crippen molar-refractivity contribution in [3.63, 3.8) is 0 Å². The summed E-state index contributed by atoms with van der Waals surface area (Å²) in [6.45, 7) is 2.50. The van der Waals surface area contributed by atoms with Crippen molar-refractivity contribution < 1.29 is 4.79 Å². The molecule has 1 N–H and O–H groups in total. The van der Waals surface area contributed by atoms with Gasteiger partial charge >= 0.3 is 6.03 Å². The molecular weight excluding hydrogens is 92.1 g/mol. The third-order valence-corrected chi connectivity index (χ3v) is 0.531. The Balaban J connectivity index is 3.00. The number of hydrogen-bond donors (Lipinski definition) is 1. The Morgan fingerprint density at radius 3 is 2.57 bits per heavy atom. The monoisotopic (exact) mass is 101 g/mol. The molecule has 1 radical (unpaired) electrons. The minimum Gasteiger partial charge on any atom is -0.337 e. The van der Waals surface area contributed by atoms with E-state index in [1.165, 1.54) is 7.05 Å². The van der Waals surface area contributed by atoms with Crippen LogP contribution in [0.2, 0.25) is 0 Å². The molecule has 0 heterocycles. The highest BCUT2D eigenvalue weighted by Crippen LogP contribution is 1.58. The Morgan fingerprint density at radius 1 is 1.86 bits per heavy atom. The molecule has 0 saturated heterocycles. The van der Waals surface area contributed by atoms with Gasteiger partial charge < -0.3 is 5.32 Å². The smallest absolute Gasteiger partial charge is 0.336 e. The topological polar surface area (TPSA) is 43.2 Å². The highest BCUT2D eigenvalue weighted by molar-refractivity contribution is 5.72. The minimum atomic E-state index is -0.248. The number of urea groups is 1. The number of carbonyl (C=O) groups is 1. The van der Waals surface area contributed by atoms with Crippen molar-refractivity contribution in [3.05, 3.63) is 0 Å². The lowest BCUT2D eigenvalue weighted by atomic mass is 10.7. The molecule has 3 nitrogen and oxygen atoms in total. The largest absolute Gasteiger partial charge is 0.337 e. The zero-order chi connectivity index (χ0) is 5.70. The van der Waals surface area contributed by atoms with Crippen LogP contribution in [0.25, 0.3) is 0 Å². The van der Waals surface area contributed by atoms with Gasteiger partial charge in [-0.05, 0) is 6.92 Å². The van der Waals surface area contributed by atoms with Crippen molar-refractivity contribution in [1.82, 2.24) is 10.6 Å². The Morgan fingerprint density at radius 2 is 2.43 bits per heavy atom. The van der Waals surface area contributed by atoms with E-state index < -0.39 is 0 Å². The van der Waals surface area contributed by atoms with Crippen molar-refractivity contribution in [2.24, 2.45) is 0 Å². The summed E-state index contributed by atoms with van der Waals surface area (Å²) in [7, 11) is 1.46. The van der Waals surface area contributed by atoms with Crippen molar-refractivity contribution >= 4 is 6.03 Å². The zero-order valence-electron chi connectivity index (χ0n) is 4.56. The van der Waals surface area contributed by atoms with Gasteiger partial charge in [-0.1, -0.05) is 0 Å². The summed E-state index contributed by atoms with van der Waals surface area (Å²) in [6, 6.07) is -0.248. The average molecular weight is 101 g/mol. The van der Waals surface area contributed by atoms with Crippen LogP contribution in [0, 0.1) is 0 Å². The van der Waals surface area contributed by atoms with Gasteiger partial charge in [0.2, 0.25) is 0 Å². The lowest BCUT2D eigenvalue weighted by Gasteiger charge is -1.93. The summed E-state index contributed by atoms with van der Waals surface area (Å²) >= 11 is 0. The van der Waals surface area contributed by atoms with Gasteiger partial charge in [-0.15, -0.1) is 0 Å². The molecule has 0 aliphatic heterocycles. The van der Waals surface area contributed by atoms with Gasteiger partial charge in [0.15, 0.2) is 0 Å². The summed E-state index contributed by atoms with van der Waals surface area (Å²) in [6.07, 6.45) is 0. The second-order valence-electron chi connectivity index (χ2n) is 1.06. The van der Waals surface area contributed by atoms with Gasteiger partial charge in [0.05, 0.1) is 0 Å². The molecular formula is C4H9N2O. The number of nitrogens with one attached hydrogen (secondary N) is 1. The standard InChI is InChI=1S/C4H9N2O/c1-3-6-4(7)5-2/h3H2,1-2H3,(H,6,7). The maximum atomic E-state index is 10.1. The Kier molecular flexibility index (Phi) is 3.10. The first-order valence-corrected chi connectivity index (χ1v) is 2.19. The maximum Gasteiger partial charge on any atom is 0.336 e. The van der Waals surface area contributed by atoms with E-state index in [9.17, 15) is 4.79 Å². The van der Waals surface area contributed by atoms with Crippen molar-refractivity contribution in [1.29, 1.82) is 0 Å².